The molecule has 1 saturated carbocycles. The zero-order valence-corrected chi connectivity index (χ0v) is 23.4. The zero-order chi connectivity index (χ0) is 29.9. The fourth-order valence-electron chi connectivity index (χ4n) is 5.20. The van der Waals surface area contributed by atoms with Crippen LogP contribution in [0.4, 0.5) is 24.5 Å². The van der Waals surface area contributed by atoms with Gasteiger partial charge in [0.25, 0.3) is 0 Å². The van der Waals surface area contributed by atoms with Crippen LogP contribution in [0.15, 0.2) is 72.8 Å². The highest BCUT2D eigenvalue weighted by Gasteiger charge is 2.48. The molecule has 2 amide bonds. The number of ketones is 1. The Labute approximate surface area is 244 Å². The first-order valence-electron chi connectivity index (χ1n) is 13.7. The number of fused-ring (bicyclic) bond motifs is 1. The van der Waals surface area contributed by atoms with Gasteiger partial charge in [-0.05, 0) is 54.3 Å². The number of thiazole rings is 1. The summed E-state index contributed by atoms with van der Waals surface area (Å²) in [7, 11) is 0. The van der Waals surface area contributed by atoms with Crippen molar-refractivity contribution < 1.29 is 27.6 Å². The van der Waals surface area contributed by atoms with Crippen LogP contribution in [0.25, 0.3) is 10.2 Å². The Morgan fingerprint density at radius 3 is 2.31 bits per heavy atom. The Balaban J connectivity index is 1.53. The highest BCUT2D eigenvalue weighted by molar-refractivity contribution is 7.20. The minimum atomic E-state index is -5.25. The molecule has 1 aliphatic rings. The molecule has 3 N–H and O–H groups in total. The van der Waals surface area contributed by atoms with E-state index in [-0.39, 0.29) is 34.6 Å². The summed E-state index contributed by atoms with van der Waals surface area (Å²) in [4.78, 5) is 44.6. The van der Waals surface area contributed by atoms with Crippen molar-refractivity contribution in [1.29, 1.82) is 0 Å². The SMILES string of the molecule is NCc1ccc(C(C(=O)c2nc3ccc(NC(=O)C4CCCCC4)cc3s2)N(C(=O)C(F)(F)F)c2ccccc2)cc1. The molecule has 1 aliphatic carbocycles. The highest BCUT2D eigenvalue weighted by Crippen LogP contribution is 2.37. The minimum Gasteiger partial charge on any atom is -0.326 e. The number of nitrogens with two attached hydrogens (primary N) is 1. The predicted molar refractivity (Wildman–Crippen MR) is 156 cm³/mol. The number of benzene rings is 3. The number of amides is 2. The van der Waals surface area contributed by atoms with Gasteiger partial charge in [0.15, 0.2) is 5.01 Å². The number of alkyl halides is 3. The van der Waals surface area contributed by atoms with Crippen molar-refractivity contribution in [2.24, 2.45) is 11.7 Å². The van der Waals surface area contributed by atoms with E-state index in [0.717, 1.165) is 43.4 Å². The number of carbonyl (C=O) groups is 3. The third-order valence-corrected chi connectivity index (χ3v) is 8.41. The zero-order valence-electron chi connectivity index (χ0n) is 22.6. The van der Waals surface area contributed by atoms with Gasteiger partial charge in [-0.25, -0.2) is 4.98 Å². The third-order valence-electron chi connectivity index (χ3n) is 7.38. The van der Waals surface area contributed by atoms with Gasteiger partial charge >= 0.3 is 12.1 Å². The highest BCUT2D eigenvalue weighted by atomic mass is 32.1. The maximum absolute atomic E-state index is 14.1. The molecule has 1 atom stereocenters. The van der Waals surface area contributed by atoms with E-state index in [1.165, 1.54) is 36.4 Å². The van der Waals surface area contributed by atoms with Gasteiger partial charge in [-0.2, -0.15) is 13.2 Å². The second-order valence-electron chi connectivity index (χ2n) is 10.2. The van der Waals surface area contributed by atoms with E-state index >= 15 is 0 Å². The van der Waals surface area contributed by atoms with Crippen LogP contribution in [0.3, 0.4) is 0 Å². The minimum absolute atomic E-state index is 0.0467. The molecule has 42 heavy (non-hydrogen) atoms. The monoisotopic (exact) mass is 594 g/mol. The summed E-state index contributed by atoms with van der Waals surface area (Å²) in [5, 5.41) is 2.87. The van der Waals surface area contributed by atoms with Gasteiger partial charge in [-0.3, -0.25) is 19.3 Å². The smallest absolute Gasteiger partial charge is 0.326 e. The molecule has 0 radical (unpaired) electrons. The molecule has 1 unspecified atom stereocenters. The predicted octanol–water partition coefficient (Wildman–Crippen LogP) is 6.79. The number of aromatic nitrogens is 1. The van der Waals surface area contributed by atoms with E-state index in [9.17, 15) is 27.6 Å². The van der Waals surface area contributed by atoms with Crippen LogP contribution < -0.4 is 16.0 Å². The largest absolute Gasteiger partial charge is 0.471 e. The Morgan fingerprint density at radius 2 is 1.67 bits per heavy atom. The van der Waals surface area contributed by atoms with Crippen LogP contribution in [-0.4, -0.2) is 28.8 Å². The number of nitrogens with one attached hydrogen (secondary N) is 1. The Hall–Kier alpha value is -4.09. The summed E-state index contributed by atoms with van der Waals surface area (Å²) in [5.74, 6) is -3.05. The first-order valence-corrected chi connectivity index (χ1v) is 14.5. The number of rotatable bonds is 8. The lowest BCUT2D eigenvalue weighted by Crippen LogP contribution is -2.46. The van der Waals surface area contributed by atoms with E-state index in [1.807, 2.05) is 0 Å². The van der Waals surface area contributed by atoms with E-state index in [4.69, 9.17) is 5.73 Å². The Morgan fingerprint density at radius 1 is 0.976 bits per heavy atom. The van der Waals surface area contributed by atoms with E-state index < -0.39 is 23.9 Å². The normalized spacial score (nSPS) is 14.9. The molecule has 11 heteroatoms. The standard InChI is InChI=1S/C31H29F3N4O3S/c32-31(33,34)30(41)38(23-9-5-2-6-10-23)26(20-13-11-19(18-35)12-14-20)27(39)29-37-24-16-15-22(17-25(24)42-29)36-28(40)21-7-3-1-4-8-21/h2,5-6,9-17,21,26H,1,3-4,7-8,18,35H2,(H,36,40). The van der Waals surface area contributed by atoms with Gasteiger partial charge in [0.05, 0.1) is 10.2 Å². The molecule has 4 aromatic rings. The number of Topliss-reactive ketones (excluding diaryl/α,β-unsaturated/α-hetero) is 1. The number of hydrogen-bond acceptors (Lipinski definition) is 6. The summed E-state index contributed by atoms with van der Waals surface area (Å²) in [6, 6.07) is 16.9. The van der Waals surface area contributed by atoms with Crippen molar-refractivity contribution in [2.45, 2.75) is 50.9 Å². The molecule has 7 nitrogen and oxygen atoms in total. The van der Waals surface area contributed by atoms with Crippen LogP contribution >= 0.6 is 11.3 Å². The first-order chi connectivity index (χ1) is 20.2. The molecular formula is C31H29F3N4O3S. The molecule has 0 saturated heterocycles. The number of anilines is 2. The van der Waals surface area contributed by atoms with Gasteiger partial charge in [0.2, 0.25) is 11.7 Å². The van der Waals surface area contributed by atoms with Crippen LogP contribution in [0, 0.1) is 5.92 Å². The number of halogens is 3. The molecule has 1 aromatic heterocycles. The molecular weight excluding hydrogens is 565 g/mol. The Kier molecular flexibility index (Phi) is 8.69. The van der Waals surface area contributed by atoms with Crippen molar-refractivity contribution in [2.75, 3.05) is 10.2 Å². The van der Waals surface area contributed by atoms with Crippen LogP contribution in [0.5, 0.6) is 0 Å². The molecule has 3 aromatic carbocycles. The van der Waals surface area contributed by atoms with Crippen molar-refractivity contribution in [3.05, 3.63) is 88.9 Å². The van der Waals surface area contributed by atoms with Crippen LogP contribution in [0.1, 0.15) is 59.1 Å². The second-order valence-corrected chi connectivity index (χ2v) is 11.3. The number of carbonyl (C=O) groups excluding carboxylic acids is 3. The van der Waals surface area contributed by atoms with Crippen molar-refractivity contribution >= 4 is 50.5 Å². The lowest BCUT2D eigenvalue weighted by Gasteiger charge is -2.31. The van der Waals surface area contributed by atoms with E-state index in [1.54, 1.807) is 36.4 Å². The number of para-hydroxylation sites is 1. The lowest BCUT2D eigenvalue weighted by atomic mass is 9.88. The average Bonchev–Trinajstić information content (AvgIpc) is 3.43. The van der Waals surface area contributed by atoms with Gasteiger partial charge in [0, 0.05) is 23.8 Å². The van der Waals surface area contributed by atoms with Gasteiger partial charge in [0.1, 0.15) is 6.04 Å². The topological polar surface area (TPSA) is 105 Å². The molecule has 1 heterocycles. The lowest BCUT2D eigenvalue weighted by molar-refractivity contribution is -0.170. The van der Waals surface area contributed by atoms with E-state index in [2.05, 4.69) is 10.3 Å². The summed E-state index contributed by atoms with van der Waals surface area (Å²) < 4.78 is 42.4. The first kappa shape index (κ1) is 29.4. The molecule has 0 aliphatic heterocycles. The molecule has 1 fully saturated rings. The van der Waals surface area contributed by atoms with Gasteiger partial charge < -0.3 is 11.1 Å². The van der Waals surface area contributed by atoms with Crippen LogP contribution in [-0.2, 0) is 16.1 Å². The molecule has 5 rings (SSSR count). The second kappa shape index (κ2) is 12.4. The third kappa shape index (κ3) is 6.37. The van der Waals surface area contributed by atoms with Crippen LogP contribution in [0.2, 0.25) is 0 Å². The number of nitrogens with zero attached hydrogens (tertiary/aromatic N) is 2. The van der Waals surface area contributed by atoms with Crippen molar-refractivity contribution in [3.8, 4) is 0 Å². The fraction of sp³-hybridized carbons (Fsp3) is 0.290. The maximum atomic E-state index is 14.1. The van der Waals surface area contributed by atoms with Gasteiger partial charge in [-0.15, -0.1) is 11.3 Å². The number of hydrogen-bond donors (Lipinski definition) is 2. The average molecular weight is 595 g/mol. The van der Waals surface area contributed by atoms with Crippen molar-refractivity contribution in [3.63, 3.8) is 0 Å². The maximum Gasteiger partial charge on any atom is 0.471 e. The quantitative estimate of drug-likeness (QED) is 0.219. The van der Waals surface area contributed by atoms with E-state index in [0.29, 0.717) is 26.4 Å². The summed E-state index contributed by atoms with van der Waals surface area (Å²) in [6.45, 7) is 0.195. The summed E-state index contributed by atoms with van der Waals surface area (Å²) in [6.07, 6.45) is -0.397. The van der Waals surface area contributed by atoms with Gasteiger partial charge in [-0.1, -0.05) is 61.7 Å². The summed E-state index contributed by atoms with van der Waals surface area (Å²) in [5.41, 5.74) is 7.49. The molecule has 0 bridgehead atoms. The van der Waals surface area contributed by atoms with Crippen molar-refractivity contribution in [1.82, 2.24) is 4.98 Å². The molecule has 218 valence electrons. The molecule has 0 spiro atoms. The Bertz CT molecular complexity index is 1580. The summed E-state index contributed by atoms with van der Waals surface area (Å²) >= 11 is 0.994. The fourth-order valence-corrected chi connectivity index (χ4v) is 6.16.